The Labute approximate surface area is 144 Å². The molecule has 0 aromatic heterocycles. The van der Waals surface area contributed by atoms with Crippen LogP contribution in [0.15, 0.2) is 29.3 Å². The molecule has 0 saturated heterocycles. The Kier molecular flexibility index (Phi) is 5.35. The number of fused-ring (bicyclic) bond motifs is 1. The third-order valence-electron chi connectivity index (χ3n) is 4.42. The third-order valence-corrected chi connectivity index (χ3v) is 4.42. The Morgan fingerprint density at radius 1 is 1.38 bits per heavy atom. The highest BCUT2D eigenvalue weighted by atomic mass is 127. The molecule has 1 aliphatic carbocycles. The molecule has 1 aromatic rings. The highest BCUT2D eigenvalue weighted by Crippen LogP contribution is 2.31. The average molecular weight is 400 g/mol. The molecule has 1 aliphatic heterocycles. The van der Waals surface area contributed by atoms with Crippen molar-refractivity contribution in [3.63, 3.8) is 0 Å². The van der Waals surface area contributed by atoms with E-state index in [4.69, 9.17) is 5.73 Å². The van der Waals surface area contributed by atoms with Crippen LogP contribution >= 0.6 is 24.0 Å². The molecule has 0 radical (unpaired) electrons. The van der Waals surface area contributed by atoms with Gasteiger partial charge >= 0.3 is 0 Å². The molecule has 2 aliphatic rings. The second-order valence-electron chi connectivity index (χ2n) is 5.96. The van der Waals surface area contributed by atoms with E-state index in [0.717, 1.165) is 19.5 Å². The topological polar surface area (TPSA) is 44.9 Å². The predicted octanol–water partition coefficient (Wildman–Crippen LogP) is 2.46. The number of nitrogens with two attached hydrogens (primary N) is 1. The van der Waals surface area contributed by atoms with Gasteiger partial charge in [-0.3, -0.25) is 4.99 Å². The minimum Gasteiger partial charge on any atom is -0.370 e. The third kappa shape index (κ3) is 3.62. The number of hydrogen-bond acceptors (Lipinski definition) is 2. The number of aliphatic imine (C=N–C) groups is 1. The van der Waals surface area contributed by atoms with Crippen molar-refractivity contribution < 1.29 is 0 Å². The maximum Gasteiger partial charge on any atom is 0.191 e. The predicted molar refractivity (Wildman–Crippen MR) is 99.6 cm³/mol. The molecule has 1 atom stereocenters. The average Bonchev–Trinajstić information content (AvgIpc) is 3.23. The van der Waals surface area contributed by atoms with E-state index in [0.29, 0.717) is 18.0 Å². The molecule has 0 bridgehead atoms. The summed E-state index contributed by atoms with van der Waals surface area (Å²) in [6.07, 6.45) is 3.64. The second kappa shape index (κ2) is 6.85. The largest absolute Gasteiger partial charge is 0.370 e. The van der Waals surface area contributed by atoms with Crippen LogP contribution in [0.4, 0.5) is 5.69 Å². The lowest BCUT2D eigenvalue weighted by atomic mass is 10.1. The summed E-state index contributed by atoms with van der Waals surface area (Å²) in [4.78, 5) is 9.09. The van der Waals surface area contributed by atoms with E-state index in [1.54, 1.807) is 0 Å². The fraction of sp³-hybridized carbons (Fsp3) is 0.562. The van der Waals surface area contributed by atoms with Gasteiger partial charge in [-0.25, -0.2) is 0 Å². The zero-order valence-corrected chi connectivity index (χ0v) is 15.2. The normalized spacial score (nSPS) is 21.0. The molecule has 2 N–H and O–H groups in total. The molecule has 3 rings (SSSR count). The number of guanidine groups is 1. The first-order valence-corrected chi connectivity index (χ1v) is 7.54. The van der Waals surface area contributed by atoms with E-state index in [-0.39, 0.29) is 24.0 Å². The fourth-order valence-electron chi connectivity index (χ4n) is 3.00. The maximum absolute atomic E-state index is 6.03. The van der Waals surface area contributed by atoms with Gasteiger partial charge in [0.15, 0.2) is 5.96 Å². The van der Waals surface area contributed by atoms with Crippen molar-refractivity contribution in [2.75, 3.05) is 25.0 Å². The molecule has 1 saturated carbocycles. The summed E-state index contributed by atoms with van der Waals surface area (Å²) in [5.41, 5.74) is 8.85. The van der Waals surface area contributed by atoms with Crippen LogP contribution in [0, 0.1) is 0 Å². The van der Waals surface area contributed by atoms with E-state index < -0.39 is 0 Å². The number of rotatable bonds is 4. The second-order valence-corrected chi connectivity index (χ2v) is 5.96. The molecule has 1 unspecified atom stereocenters. The zero-order valence-electron chi connectivity index (χ0n) is 12.8. The molecular weight excluding hydrogens is 375 g/mol. The summed E-state index contributed by atoms with van der Waals surface area (Å²) in [5.74, 6) is 0.688. The lowest BCUT2D eigenvalue weighted by Crippen LogP contribution is -2.37. The van der Waals surface area contributed by atoms with E-state index in [2.05, 4.69) is 46.0 Å². The van der Waals surface area contributed by atoms with E-state index >= 15 is 0 Å². The molecule has 116 valence electrons. The summed E-state index contributed by atoms with van der Waals surface area (Å²) >= 11 is 0. The Balaban J connectivity index is 0.00000161. The first kappa shape index (κ1) is 16.4. The van der Waals surface area contributed by atoms with Crippen molar-refractivity contribution in [3.05, 3.63) is 29.8 Å². The molecular formula is C16H25IN4. The van der Waals surface area contributed by atoms with Gasteiger partial charge in [-0.1, -0.05) is 18.2 Å². The van der Waals surface area contributed by atoms with Crippen molar-refractivity contribution in [3.8, 4) is 0 Å². The van der Waals surface area contributed by atoms with Gasteiger partial charge in [0.2, 0.25) is 0 Å². The monoisotopic (exact) mass is 400 g/mol. The van der Waals surface area contributed by atoms with Crippen LogP contribution in [0.3, 0.4) is 0 Å². The number of nitrogens with zero attached hydrogens (tertiary/aromatic N) is 3. The molecule has 0 spiro atoms. The Bertz CT molecular complexity index is 513. The van der Waals surface area contributed by atoms with Crippen molar-refractivity contribution >= 4 is 35.6 Å². The summed E-state index contributed by atoms with van der Waals surface area (Å²) in [6.45, 7) is 3.99. The summed E-state index contributed by atoms with van der Waals surface area (Å²) in [5, 5.41) is 0. The van der Waals surface area contributed by atoms with Gasteiger partial charge in [-0.2, -0.15) is 0 Å². The van der Waals surface area contributed by atoms with Gasteiger partial charge in [0.1, 0.15) is 0 Å². The SMILES string of the molecule is CC1Cc2ccccc2N1CCN=C(N)N(C)C1CC1.I. The molecule has 1 heterocycles. The van der Waals surface area contributed by atoms with Crippen molar-refractivity contribution in [2.45, 2.75) is 38.3 Å². The van der Waals surface area contributed by atoms with Gasteiger partial charge in [-0.05, 0) is 37.8 Å². The highest BCUT2D eigenvalue weighted by molar-refractivity contribution is 14.0. The number of halogens is 1. The maximum atomic E-state index is 6.03. The molecule has 5 heteroatoms. The van der Waals surface area contributed by atoms with Crippen LogP contribution in [0.25, 0.3) is 0 Å². The molecule has 1 fully saturated rings. The van der Waals surface area contributed by atoms with E-state index in [1.165, 1.54) is 24.1 Å². The Morgan fingerprint density at radius 3 is 2.81 bits per heavy atom. The zero-order chi connectivity index (χ0) is 14.1. The molecule has 4 nitrogen and oxygen atoms in total. The summed E-state index contributed by atoms with van der Waals surface area (Å²) < 4.78 is 0. The van der Waals surface area contributed by atoms with E-state index in [9.17, 15) is 0 Å². The first-order chi connectivity index (χ1) is 9.66. The van der Waals surface area contributed by atoms with Crippen LogP contribution in [0.5, 0.6) is 0 Å². The van der Waals surface area contributed by atoms with Crippen LogP contribution in [0.1, 0.15) is 25.3 Å². The summed E-state index contributed by atoms with van der Waals surface area (Å²) in [7, 11) is 2.05. The number of benzene rings is 1. The van der Waals surface area contributed by atoms with Gasteiger partial charge < -0.3 is 15.5 Å². The highest BCUT2D eigenvalue weighted by Gasteiger charge is 2.28. The van der Waals surface area contributed by atoms with E-state index in [1.807, 2.05) is 7.05 Å². The van der Waals surface area contributed by atoms with Gasteiger partial charge in [0, 0.05) is 31.4 Å². The van der Waals surface area contributed by atoms with Crippen LogP contribution in [-0.2, 0) is 6.42 Å². The number of hydrogen-bond donors (Lipinski definition) is 1. The van der Waals surface area contributed by atoms with Gasteiger partial charge in [0.05, 0.1) is 6.54 Å². The summed E-state index contributed by atoms with van der Waals surface area (Å²) in [6, 6.07) is 9.86. The Morgan fingerprint density at radius 2 is 2.10 bits per heavy atom. The molecule has 0 amide bonds. The quantitative estimate of drug-likeness (QED) is 0.480. The van der Waals surface area contributed by atoms with Crippen LogP contribution in [-0.4, -0.2) is 43.1 Å². The minimum absolute atomic E-state index is 0. The van der Waals surface area contributed by atoms with Crippen molar-refractivity contribution in [1.29, 1.82) is 0 Å². The van der Waals surface area contributed by atoms with Crippen LogP contribution < -0.4 is 10.6 Å². The lowest BCUT2D eigenvalue weighted by molar-refractivity contribution is 0.487. The fourth-order valence-corrected chi connectivity index (χ4v) is 3.00. The number of anilines is 1. The molecule has 21 heavy (non-hydrogen) atoms. The Hall–Kier alpha value is -0.980. The standard InChI is InChI=1S/C16H24N4.HI/c1-12-11-13-5-3-4-6-15(13)20(12)10-9-18-16(17)19(2)14-7-8-14;/h3-6,12,14H,7-11H2,1-2H3,(H2,17,18);1H. The smallest absolute Gasteiger partial charge is 0.191 e. The van der Waals surface area contributed by atoms with Gasteiger partial charge in [0.25, 0.3) is 0 Å². The number of para-hydroxylation sites is 1. The van der Waals surface area contributed by atoms with Crippen LogP contribution in [0.2, 0.25) is 0 Å². The minimum atomic E-state index is 0. The first-order valence-electron chi connectivity index (χ1n) is 7.54. The lowest BCUT2D eigenvalue weighted by Gasteiger charge is -2.24. The molecule has 1 aromatic carbocycles. The van der Waals surface area contributed by atoms with Crippen molar-refractivity contribution in [1.82, 2.24) is 4.90 Å². The van der Waals surface area contributed by atoms with Gasteiger partial charge in [-0.15, -0.1) is 24.0 Å². The van der Waals surface area contributed by atoms with Crippen molar-refractivity contribution in [2.24, 2.45) is 10.7 Å².